The molecule has 1 aliphatic heterocycles. The second-order valence-corrected chi connectivity index (χ2v) is 10.2. The summed E-state index contributed by atoms with van der Waals surface area (Å²) in [6, 6.07) is 2.33. The van der Waals surface area contributed by atoms with E-state index in [1.54, 1.807) is 0 Å². The summed E-state index contributed by atoms with van der Waals surface area (Å²) in [5.41, 5.74) is 0.0862. The van der Waals surface area contributed by atoms with Crippen LogP contribution in [0.2, 0.25) is 0 Å². The Morgan fingerprint density at radius 2 is 1.93 bits per heavy atom. The van der Waals surface area contributed by atoms with E-state index in [1.165, 1.54) is 25.7 Å². The molecule has 0 spiro atoms. The van der Waals surface area contributed by atoms with Gasteiger partial charge in [0.25, 0.3) is 10.0 Å². The summed E-state index contributed by atoms with van der Waals surface area (Å²) in [7, 11) is -4.07. The fraction of sp³-hybridized carbons (Fsp3) is 0.500. The highest BCUT2D eigenvalue weighted by molar-refractivity contribution is 7.91. The molecule has 2 heterocycles. The van der Waals surface area contributed by atoms with Crippen LogP contribution in [-0.2, 0) is 10.0 Å². The maximum absolute atomic E-state index is 14.6. The monoisotopic (exact) mass is 435 g/mol. The third kappa shape index (κ3) is 3.92. The lowest BCUT2D eigenvalue weighted by molar-refractivity contribution is -0.0506. The van der Waals surface area contributed by atoms with Gasteiger partial charge in [0.2, 0.25) is 0 Å². The van der Waals surface area contributed by atoms with Crippen molar-refractivity contribution in [3.05, 3.63) is 41.6 Å². The minimum atomic E-state index is -4.07. The fourth-order valence-corrected chi connectivity index (χ4v) is 4.43. The van der Waals surface area contributed by atoms with E-state index < -0.39 is 39.1 Å². The number of hydrogen-bond donors (Lipinski definition) is 0. The summed E-state index contributed by atoms with van der Waals surface area (Å²) in [6.45, 7) is 1.46. The lowest BCUT2D eigenvalue weighted by Crippen LogP contribution is -2.37. The molecule has 1 aromatic carbocycles. The van der Waals surface area contributed by atoms with E-state index in [0.717, 1.165) is 24.4 Å². The summed E-state index contributed by atoms with van der Waals surface area (Å²) in [4.78, 5) is 1.40. The molecule has 1 fully saturated rings. The van der Waals surface area contributed by atoms with Gasteiger partial charge in [0.1, 0.15) is 11.6 Å². The zero-order valence-electron chi connectivity index (χ0n) is 16.1. The van der Waals surface area contributed by atoms with E-state index >= 15 is 0 Å². The molecule has 0 unspecified atom stereocenters. The summed E-state index contributed by atoms with van der Waals surface area (Å²) in [5.74, 6) is -2.11. The SMILES string of the molecule is CC(C)(C)S(=O)(=O)n1ncc(F)c1N1CCC[C@@H]1c1cc(F)ccc1OC(F)F. The molecule has 1 atom stereocenters. The Bertz CT molecular complexity index is 1000. The Morgan fingerprint density at radius 1 is 1.24 bits per heavy atom. The van der Waals surface area contributed by atoms with Crippen LogP contribution in [0.5, 0.6) is 5.75 Å². The quantitative estimate of drug-likeness (QED) is 0.663. The van der Waals surface area contributed by atoms with Crippen LogP contribution in [0.25, 0.3) is 0 Å². The van der Waals surface area contributed by atoms with E-state index in [0.29, 0.717) is 16.9 Å². The van der Waals surface area contributed by atoms with E-state index in [-0.39, 0.29) is 23.7 Å². The second-order valence-electron chi connectivity index (χ2n) is 7.69. The van der Waals surface area contributed by atoms with E-state index in [4.69, 9.17) is 0 Å². The third-order valence-electron chi connectivity index (χ3n) is 4.74. The van der Waals surface area contributed by atoms with Gasteiger partial charge in [-0.1, -0.05) is 0 Å². The van der Waals surface area contributed by atoms with Crippen LogP contribution in [0, 0.1) is 11.6 Å². The molecule has 3 rings (SSSR count). The van der Waals surface area contributed by atoms with Gasteiger partial charge in [-0.15, -0.1) is 4.09 Å². The first-order valence-electron chi connectivity index (χ1n) is 8.93. The third-order valence-corrected chi connectivity index (χ3v) is 7.01. The van der Waals surface area contributed by atoms with Crippen molar-refractivity contribution in [3.63, 3.8) is 0 Å². The van der Waals surface area contributed by atoms with Gasteiger partial charge in [0.15, 0.2) is 11.6 Å². The average Bonchev–Trinajstić information content (AvgIpc) is 3.21. The lowest BCUT2D eigenvalue weighted by Gasteiger charge is -2.30. The molecule has 2 aromatic rings. The fourth-order valence-electron chi connectivity index (χ4n) is 3.32. The maximum atomic E-state index is 14.6. The van der Waals surface area contributed by atoms with Gasteiger partial charge in [0.05, 0.1) is 17.0 Å². The van der Waals surface area contributed by atoms with Crippen LogP contribution in [0.15, 0.2) is 24.4 Å². The van der Waals surface area contributed by atoms with Crippen molar-refractivity contribution in [2.24, 2.45) is 0 Å². The van der Waals surface area contributed by atoms with Crippen LogP contribution in [0.1, 0.15) is 45.2 Å². The summed E-state index contributed by atoms with van der Waals surface area (Å²) in [6.07, 6.45) is 1.66. The van der Waals surface area contributed by atoms with Crippen molar-refractivity contribution in [3.8, 4) is 5.75 Å². The summed E-state index contributed by atoms with van der Waals surface area (Å²) >= 11 is 0. The molecule has 0 amide bonds. The number of ether oxygens (including phenoxy) is 1. The van der Waals surface area contributed by atoms with Crippen molar-refractivity contribution >= 4 is 15.8 Å². The Hall–Kier alpha value is -2.30. The van der Waals surface area contributed by atoms with Crippen LogP contribution in [0.3, 0.4) is 0 Å². The molecule has 0 aliphatic carbocycles. The number of alkyl halides is 2. The molecule has 0 saturated carbocycles. The van der Waals surface area contributed by atoms with Gasteiger partial charge < -0.3 is 9.64 Å². The van der Waals surface area contributed by atoms with Crippen molar-refractivity contribution in [2.75, 3.05) is 11.4 Å². The predicted octanol–water partition coefficient (Wildman–Crippen LogP) is 4.08. The molecule has 1 aliphatic rings. The van der Waals surface area contributed by atoms with Crippen molar-refractivity contribution in [2.45, 2.75) is 51.0 Å². The highest BCUT2D eigenvalue weighted by Crippen LogP contribution is 2.42. The number of rotatable bonds is 5. The topological polar surface area (TPSA) is 64.4 Å². The highest BCUT2D eigenvalue weighted by atomic mass is 32.2. The minimum absolute atomic E-state index is 0.0862. The zero-order chi connectivity index (χ0) is 21.6. The van der Waals surface area contributed by atoms with Gasteiger partial charge in [0, 0.05) is 12.1 Å². The number of anilines is 1. The second kappa shape index (κ2) is 7.51. The van der Waals surface area contributed by atoms with Crippen LogP contribution in [-0.4, -0.2) is 35.5 Å². The number of halogens is 4. The first-order valence-corrected chi connectivity index (χ1v) is 10.4. The molecule has 11 heteroatoms. The average molecular weight is 435 g/mol. The van der Waals surface area contributed by atoms with Gasteiger partial charge in [-0.2, -0.15) is 13.9 Å². The molecule has 160 valence electrons. The molecule has 0 N–H and O–H groups in total. The Balaban J connectivity index is 2.11. The Labute approximate surface area is 166 Å². The summed E-state index contributed by atoms with van der Waals surface area (Å²) in [5, 5.41) is 3.70. The smallest absolute Gasteiger partial charge is 0.387 e. The molecule has 0 bridgehead atoms. The maximum Gasteiger partial charge on any atom is 0.387 e. The molecule has 0 radical (unpaired) electrons. The number of hydrogen-bond acceptors (Lipinski definition) is 5. The molecule has 1 aromatic heterocycles. The molecule has 6 nitrogen and oxygen atoms in total. The molecular formula is C18H21F4N3O3S. The minimum Gasteiger partial charge on any atom is -0.434 e. The van der Waals surface area contributed by atoms with Crippen molar-refractivity contribution < 1.29 is 30.7 Å². The van der Waals surface area contributed by atoms with Crippen LogP contribution in [0.4, 0.5) is 23.4 Å². The van der Waals surface area contributed by atoms with Gasteiger partial charge in [-0.25, -0.2) is 17.2 Å². The largest absolute Gasteiger partial charge is 0.434 e. The number of benzene rings is 1. The van der Waals surface area contributed by atoms with E-state index in [1.807, 2.05) is 0 Å². The van der Waals surface area contributed by atoms with Gasteiger partial charge >= 0.3 is 6.61 Å². The molecular weight excluding hydrogens is 414 g/mol. The number of nitrogens with zero attached hydrogens (tertiary/aromatic N) is 3. The van der Waals surface area contributed by atoms with Crippen molar-refractivity contribution in [1.82, 2.24) is 9.19 Å². The normalized spacial score (nSPS) is 17.9. The van der Waals surface area contributed by atoms with Crippen molar-refractivity contribution in [1.29, 1.82) is 0 Å². The van der Waals surface area contributed by atoms with E-state index in [2.05, 4.69) is 9.84 Å². The Morgan fingerprint density at radius 3 is 2.55 bits per heavy atom. The van der Waals surface area contributed by atoms with Crippen LogP contribution < -0.4 is 9.64 Å². The predicted molar refractivity (Wildman–Crippen MR) is 98.6 cm³/mol. The standard InChI is InChI=1S/C18H21F4N3O3S/c1-18(2,3)29(26,27)25-16(13(20)10-23-25)24-8-4-5-14(24)12-9-11(19)6-7-15(12)28-17(21)22/h6-7,9-10,14,17H,4-5,8H2,1-3H3/t14-/m1/s1. The lowest BCUT2D eigenvalue weighted by atomic mass is 10.0. The van der Waals surface area contributed by atoms with E-state index in [9.17, 15) is 26.0 Å². The van der Waals surface area contributed by atoms with Gasteiger partial charge in [-0.3, -0.25) is 0 Å². The Kier molecular flexibility index (Phi) is 5.54. The zero-order valence-corrected chi connectivity index (χ0v) is 16.9. The number of aromatic nitrogens is 2. The first-order chi connectivity index (χ1) is 13.4. The molecule has 29 heavy (non-hydrogen) atoms. The van der Waals surface area contributed by atoms with Gasteiger partial charge in [-0.05, 0) is 51.8 Å². The first kappa shape index (κ1) is 21.4. The highest BCUT2D eigenvalue weighted by Gasteiger charge is 2.39. The summed E-state index contributed by atoms with van der Waals surface area (Å²) < 4.78 is 83.7. The van der Waals surface area contributed by atoms with Crippen LogP contribution >= 0.6 is 0 Å². The molecule has 1 saturated heterocycles.